The molecule has 1 fully saturated rings. The highest BCUT2D eigenvalue weighted by molar-refractivity contribution is 5.98. The molecule has 3 rings (SSSR count). The van der Waals surface area contributed by atoms with Crippen molar-refractivity contribution in [3.63, 3.8) is 0 Å². The number of nitrogens with zero attached hydrogens (tertiary/aromatic N) is 4. The van der Waals surface area contributed by atoms with E-state index in [1.165, 1.54) is 18.9 Å². The Balaban J connectivity index is 1.62. The van der Waals surface area contributed by atoms with E-state index in [2.05, 4.69) is 14.6 Å². The Morgan fingerprint density at radius 1 is 1.03 bits per heavy atom. The number of piperazine rings is 1. The monoisotopic (exact) mass is 396 g/mol. The van der Waals surface area contributed by atoms with Crippen molar-refractivity contribution in [2.75, 3.05) is 49.6 Å². The lowest BCUT2D eigenvalue weighted by molar-refractivity contribution is -0.131. The van der Waals surface area contributed by atoms with Crippen molar-refractivity contribution >= 4 is 29.3 Å². The van der Waals surface area contributed by atoms with Gasteiger partial charge in [-0.25, -0.2) is 9.78 Å². The number of esters is 1. The number of carbonyl (C=O) groups excluding carboxylic acids is 3. The minimum Gasteiger partial charge on any atom is -0.465 e. The number of rotatable bonds is 5. The Bertz CT molecular complexity index is 862. The average Bonchev–Trinajstić information content (AvgIpc) is 2.77. The Kier molecular flexibility index (Phi) is 6.43. The van der Waals surface area contributed by atoms with Gasteiger partial charge in [-0.15, -0.1) is 0 Å². The average molecular weight is 396 g/mol. The first-order chi connectivity index (χ1) is 14.0. The lowest BCUT2D eigenvalue weighted by Gasteiger charge is -2.36. The highest BCUT2D eigenvalue weighted by atomic mass is 16.5. The van der Waals surface area contributed by atoms with Crippen molar-refractivity contribution in [3.05, 3.63) is 54.2 Å². The number of amides is 2. The lowest BCUT2D eigenvalue weighted by Crippen LogP contribution is -2.52. The highest BCUT2D eigenvalue weighted by Gasteiger charge is 2.25. The molecule has 2 aromatic rings. The second kappa shape index (κ2) is 9.18. The lowest BCUT2D eigenvalue weighted by atomic mass is 10.2. The molecule has 0 bridgehead atoms. The Morgan fingerprint density at radius 3 is 2.28 bits per heavy atom. The van der Waals surface area contributed by atoms with Gasteiger partial charge in [0, 0.05) is 45.0 Å². The number of anilines is 2. The number of ether oxygens (including phenoxy) is 1. The summed E-state index contributed by atoms with van der Waals surface area (Å²) in [5, 5.41) is 0. The molecule has 1 saturated heterocycles. The van der Waals surface area contributed by atoms with Crippen molar-refractivity contribution in [2.45, 2.75) is 6.92 Å². The topological polar surface area (TPSA) is 83.1 Å². The zero-order valence-electron chi connectivity index (χ0n) is 16.6. The molecule has 152 valence electrons. The number of benzene rings is 1. The molecule has 1 aliphatic heterocycles. The molecule has 1 aromatic carbocycles. The molecular formula is C21H24N4O4. The van der Waals surface area contributed by atoms with Gasteiger partial charge in [0.25, 0.3) is 0 Å². The fourth-order valence-corrected chi connectivity index (χ4v) is 3.24. The smallest absolute Gasteiger partial charge is 0.337 e. The van der Waals surface area contributed by atoms with Crippen LogP contribution in [0.25, 0.3) is 0 Å². The van der Waals surface area contributed by atoms with Crippen molar-refractivity contribution < 1.29 is 19.1 Å². The van der Waals surface area contributed by atoms with Crippen LogP contribution in [0.5, 0.6) is 0 Å². The summed E-state index contributed by atoms with van der Waals surface area (Å²) in [5.41, 5.74) is 0.947. The molecule has 8 heteroatoms. The van der Waals surface area contributed by atoms with Crippen LogP contribution >= 0.6 is 0 Å². The zero-order chi connectivity index (χ0) is 20.8. The first-order valence-electron chi connectivity index (χ1n) is 9.40. The van der Waals surface area contributed by atoms with Crippen LogP contribution in [0.4, 0.5) is 11.5 Å². The van der Waals surface area contributed by atoms with E-state index in [4.69, 9.17) is 0 Å². The fraction of sp³-hybridized carbons (Fsp3) is 0.333. The van der Waals surface area contributed by atoms with Crippen molar-refractivity contribution in [2.24, 2.45) is 0 Å². The van der Waals surface area contributed by atoms with Crippen LogP contribution in [-0.2, 0) is 14.3 Å². The number of hydrogen-bond acceptors (Lipinski definition) is 6. The van der Waals surface area contributed by atoms with Gasteiger partial charge in [-0.3, -0.25) is 9.59 Å². The van der Waals surface area contributed by atoms with Crippen LogP contribution in [0, 0.1) is 0 Å². The van der Waals surface area contributed by atoms with Gasteiger partial charge in [0.15, 0.2) is 0 Å². The summed E-state index contributed by atoms with van der Waals surface area (Å²) in [7, 11) is 1.31. The molecule has 0 radical (unpaired) electrons. The summed E-state index contributed by atoms with van der Waals surface area (Å²) in [4.78, 5) is 46.1. The largest absolute Gasteiger partial charge is 0.465 e. The molecule has 0 saturated carbocycles. The molecule has 2 amide bonds. The van der Waals surface area contributed by atoms with Crippen LogP contribution in [0.2, 0.25) is 0 Å². The Labute approximate surface area is 169 Å². The zero-order valence-corrected chi connectivity index (χ0v) is 16.6. The molecule has 0 N–H and O–H groups in total. The maximum absolute atomic E-state index is 12.8. The van der Waals surface area contributed by atoms with E-state index in [9.17, 15) is 14.4 Å². The summed E-state index contributed by atoms with van der Waals surface area (Å²) in [5.74, 6) is 0.0950. The minimum atomic E-state index is -0.451. The SMILES string of the molecule is COC(=O)c1ccc(N(CC(=O)N2CCN(c3ccccn3)CC2)C(C)=O)cc1. The second-order valence-electron chi connectivity index (χ2n) is 6.70. The van der Waals surface area contributed by atoms with Crippen LogP contribution in [0.1, 0.15) is 17.3 Å². The minimum absolute atomic E-state index is 0.0451. The van der Waals surface area contributed by atoms with Crippen molar-refractivity contribution in [3.8, 4) is 0 Å². The van der Waals surface area contributed by atoms with E-state index in [1.54, 1.807) is 35.4 Å². The van der Waals surface area contributed by atoms with Gasteiger partial charge in [-0.05, 0) is 36.4 Å². The van der Waals surface area contributed by atoms with E-state index >= 15 is 0 Å². The van der Waals surface area contributed by atoms with Gasteiger partial charge in [0.2, 0.25) is 11.8 Å². The van der Waals surface area contributed by atoms with Gasteiger partial charge < -0.3 is 19.4 Å². The first-order valence-corrected chi connectivity index (χ1v) is 9.40. The van der Waals surface area contributed by atoms with Crippen molar-refractivity contribution in [1.29, 1.82) is 0 Å². The molecular weight excluding hydrogens is 372 g/mol. The molecule has 2 heterocycles. The van der Waals surface area contributed by atoms with E-state index < -0.39 is 5.97 Å². The van der Waals surface area contributed by atoms with E-state index in [1.807, 2.05) is 18.2 Å². The maximum Gasteiger partial charge on any atom is 0.337 e. The number of carbonyl (C=O) groups is 3. The molecule has 1 aromatic heterocycles. The van der Waals surface area contributed by atoms with Crippen LogP contribution in [0.15, 0.2) is 48.7 Å². The second-order valence-corrected chi connectivity index (χ2v) is 6.70. The van der Waals surface area contributed by atoms with Crippen molar-refractivity contribution in [1.82, 2.24) is 9.88 Å². The number of hydrogen-bond donors (Lipinski definition) is 0. The van der Waals surface area contributed by atoms with Gasteiger partial charge in [-0.2, -0.15) is 0 Å². The highest BCUT2D eigenvalue weighted by Crippen LogP contribution is 2.18. The summed E-state index contributed by atoms with van der Waals surface area (Å²) >= 11 is 0. The number of pyridine rings is 1. The molecule has 0 aliphatic carbocycles. The fourth-order valence-electron chi connectivity index (χ4n) is 3.24. The molecule has 0 atom stereocenters. The van der Waals surface area contributed by atoms with E-state index in [0.717, 1.165) is 5.82 Å². The third kappa shape index (κ3) is 4.90. The van der Waals surface area contributed by atoms with Crippen LogP contribution in [-0.4, -0.2) is 67.5 Å². The third-order valence-corrected chi connectivity index (χ3v) is 4.88. The summed E-state index contributed by atoms with van der Waals surface area (Å²) in [6.07, 6.45) is 1.75. The third-order valence-electron chi connectivity index (χ3n) is 4.88. The van der Waals surface area contributed by atoms with Crippen LogP contribution in [0.3, 0.4) is 0 Å². The quantitative estimate of drug-likeness (QED) is 0.714. The summed E-state index contributed by atoms with van der Waals surface area (Å²) in [6, 6.07) is 12.2. The first kappa shape index (κ1) is 20.3. The predicted octanol–water partition coefficient (Wildman–Crippen LogP) is 1.57. The molecule has 29 heavy (non-hydrogen) atoms. The summed E-state index contributed by atoms with van der Waals surface area (Å²) < 4.78 is 4.68. The van der Waals surface area contributed by atoms with Crippen LogP contribution < -0.4 is 9.80 Å². The Hall–Kier alpha value is -3.42. The van der Waals surface area contributed by atoms with E-state index in [-0.39, 0.29) is 18.4 Å². The van der Waals surface area contributed by atoms with Gasteiger partial charge >= 0.3 is 5.97 Å². The number of methoxy groups -OCH3 is 1. The summed E-state index contributed by atoms with van der Waals surface area (Å²) in [6.45, 7) is 3.90. The van der Waals surface area contributed by atoms with Gasteiger partial charge in [0.05, 0.1) is 12.7 Å². The standard InChI is InChI=1S/C21H24N4O4/c1-16(26)25(18-8-6-17(7-9-18)21(28)29-2)15-20(27)24-13-11-23(12-14-24)19-5-3-4-10-22-19/h3-10H,11-15H2,1-2H3. The number of aromatic nitrogens is 1. The molecule has 8 nitrogen and oxygen atoms in total. The molecule has 1 aliphatic rings. The maximum atomic E-state index is 12.8. The van der Waals surface area contributed by atoms with Gasteiger partial charge in [-0.1, -0.05) is 6.07 Å². The molecule has 0 spiro atoms. The van der Waals surface area contributed by atoms with Gasteiger partial charge in [0.1, 0.15) is 12.4 Å². The molecule has 0 unspecified atom stereocenters. The predicted molar refractivity (Wildman–Crippen MR) is 109 cm³/mol. The normalized spacial score (nSPS) is 13.7. The van der Waals surface area contributed by atoms with E-state index in [0.29, 0.717) is 37.4 Å². The Morgan fingerprint density at radius 2 is 1.72 bits per heavy atom.